The molecule has 0 radical (unpaired) electrons. The van der Waals surface area contributed by atoms with Crippen LogP contribution in [0.2, 0.25) is 0 Å². The lowest BCUT2D eigenvalue weighted by Crippen LogP contribution is -2.43. The molecule has 1 aliphatic heterocycles. The fourth-order valence-corrected chi connectivity index (χ4v) is 3.49. The van der Waals surface area contributed by atoms with E-state index in [4.69, 9.17) is 9.84 Å². The number of carboxylic acid groups (broad SMARTS) is 1. The Labute approximate surface area is 114 Å². The van der Waals surface area contributed by atoms with Crippen LogP contribution >= 0.6 is 0 Å². The molecular formula is C11H22N2O5S. The number of methoxy groups -OCH3 is 1. The Hall–Kier alpha value is -0.700. The van der Waals surface area contributed by atoms with Crippen LogP contribution in [-0.2, 0) is 19.6 Å². The summed E-state index contributed by atoms with van der Waals surface area (Å²) in [6.45, 7) is 1.85. The molecule has 7 nitrogen and oxygen atoms in total. The Balaban J connectivity index is 2.61. The Morgan fingerprint density at radius 2 is 2.26 bits per heavy atom. The number of rotatable bonds is 9. The number of aliphatic carboxylic acids is 1. The van der Waals surface area contributed by atoms with E-state index in [1.54, 1.807) is 0 Å². The normalized spacial score (nSPS) is 20.0. The van der Waals surface area contributed by atoms with Gasteiger partial charge >= 0.3 is 5.97 Å². The zero-order valence-corrected chi connectivity index (χ0v) is 12.0. The number of carbonyl (C=O) groups is 1. The first-order chi connectivity index (χ1) is 8.95. The number of ether oxygens (including phenoxy) is 1. The van der Waals surface area contributed by atoms with Crippen LogP contribution in [0.15, 0.2) is 0 Å². The summed E-state index contributed by atoms with van der Waals surface area (Å²) in [6, 6.07) is 0.149. The molecule has 1 saturated heterocycles. The molecule has 0 amide bonds. The molecule has 2 N–H and O–H groups in total. The van der Waals surface area contributed by atoms with Gasteiger partial charge in [0.15, 0.2) is 0 Å². The van der Waals surface area contributed by atoms with E-state index in [0.717, 1.165) is 19.4 Å². The van der Waals surface area contributed by atoms with Gasteiger partial charge in [0.2, 0.25) is 10.0 Å². The van der Waals surface area contributed by atoms with Gasteiger partial charge in [-0.3, -0.25) is 4.79 Å². The summed E-state index contributed by atoms with van der Waals surface area (Å²) >= 11 is 0. The number of nitrogens with one attached hydrogen (secondary N) is 1. The zero-order valence-electron chi connectivity index (χ0n) is 11.2. The van der Waals surface area contributed by atoms with Crippen LogP contribution in [-0.4, -0.2) is 68.9 Å². The van der Waals surface area contributed by atoms with Gasteiger partial charge in [0.25, 0.3) is 0 Å². The largest absolute Gasteiger partial charge is 0.481 e. The minimum absolute atomic E-state index is 0.149. The summed E-state index contributed by atoms with van der Waals surface area (Å²) in [6.07, 6.45) is 1.61. The van der Waals surface area contributed by atoms with Gasteiger partial charge in [0, 0.05) is 26.2 Å². The molecule has 1 heterocycles. The van der Waals surface area contributed by atoms with Crippen molar-refractivity contribution in [3.8, 4) is 0 Å². The molecule has 112 valence electrons. The SMILES string of the molecule is COCCN(CC1CCCN1)S(=O)(=O)CCC(=O)O. The third-order valence-electron chi connectivity index (χ3n) is 3.10. The van der Waals surface area contributed by atoms with Crippen LogP contribution in [0.5, 0.6) is 0 Å². The van der Waals surface area contributed by atoms with Gasteiger partial charge in [-0.25, -0.2) is 8.42 Å². The van der Waals surface area contributed by atoms with Gasteiger partial charge in [-0.05, 0) is 19.4 Å². The van der Waals surface area contributed by atoms with Crippen LogP contribution in [0.4, 0.5) is 0 Å². The van der Waals surface area contributed by atoms with Gasteiger partial charge in [0.1, 0.15) is 0 Å². The van der Waals surface area contributed by atoms with Gasteiger partial charge in [-0.15, -0.1) is 0 Å². The van der Waals surface area contributed by atoms with E-state index in [2.05, 4.69) is 5.32 Å². The maximum atomic E-state index is 12.1. The quantitative estimate of drug-likeness (QED) is 0.595. The second kappa shape index (κ2) is 7.78. The molecule has 1 aliphatic rings. The molecule has 0 aromatic heterocycles. The lowest BCUT2D eigenvalue weighted by atomic mass is 10.2. The highest BCUT2D eigenvalue weighted by atomic mass is 32.2. The van der Waals surface area contributed by atoms with Gasteiger partial charge in [-0.2, -0.15) is 4.31 Å². The van der Waals surface area contributed by atoms with Crippen molar-refractivity contribution >= 4 is 16.0 Å². The van der Waals surface area contributed by atoms with Crippen molar-refractivity contribution < 1.29 is 23.1 Å². The van der Waals surface area contributed by atoms with Gasteiger partial charge < -0.3 is 15.2 Å². The molecule has 0 bridgehead atoms. The summed E-state index contributed by atoms with van der Waals surface area (Å²) in [4.78, 5) is 10.5. The average Bonchev–Trinajstić information content (AvgIpc) is 2.84. The third-order valence-corrected chi connectivity index (χ3v) is 4.94. The maximum absolute atomic E-state index is 12.1. The van der Waals surface area contributed by atoms with Crippen LogP contribution < -0.4 is 5.32 Å². The third kappa shape index (κ3) is 5.85. The Morgan fingerprint density at radius 1 is 1.53 bits per heavy atom. The van der Waals surface area contributed by atoms with E-state index in [-0.39, 0.29) is 24.8 Å². The lowest BCUT2D eigenvalue weighted by molar-refractivity contribution is -0.136. The van der Waals surface area contributed by atoms with Crippen LogP contribution in [0.3, 0.4) is 0 Å². The number of hydrogen-bond donors (Lipinski definition) is 2. The van der Waals surface area contributed by atoms with Crippen LogP contribution in [0.1, 0.15) is 19.3 Å². The summed E-state index contributed by atoms with van der Waals surface area (Å²) in [7, 11) is -2.03. The van der Waals surface area contributed by atoms with E-state index in [0.29, 0.717) is 13.2 Å². The smallest absolute Gasteiger partial charge is 0.304 e. The minimum Gasteiger partial charge on any atom is -0.481 e. The van der Waals surface area contributed by atoms with Crippen molar-refractivity contribution in [2.24, 2.45) is 0 Å². The molecule has 0 aromatic carbocycles. The van der Waals surface area contributed by atoms with Crippen molar-refractivity contribution in [2.75, 3.05) is 39.1 Å². The Morgan fingerprint density at radius 3 is 2.79 bits per heavy atom. The molecule has 8 heteroatoms. The second-order valence-corrected chi connectivity index (χ2v) is 6.69. The maximum Gasteiger partial charge on any atom is 0.304 e. The number of hydrogen-bond acceptors (Lipinski definition) is 5. The zero-order chi connectivity index (χ0) is 14.3. The fourth-order valence-electron chi connectivity index (χ4n) is 2.04. The minimum atomic E-state index is -3.54. The second-order valence-electron chi connectivity index (χ2n) is 4.60. The standard InChI is InChI=1S/C11H22N2O5S/c1-18-7-6-13(9-10-3-2-5-12-10)19(16,17)8-4-11(14)15/h10,12H,2-9H2,1H3,(H,14,15). The van der Waals surface area contributed by atoms with E-state index in [9.17, 15) is 13.2 Å². The topological polar surface area (TPSA) is 95.9 Å². The van der Waals surface area contributed by atoms with Crippen molar-refractivity contribution in [2.45, 2.75) is 25.3 Å². The predicted octanol–water partition coefficient (Wildman–Crippen LogP) is -0.509. The molecule has 0 aromatic rings. The molecule has 0 aliphatic carbocycles. The van der Waals surface area contributed by atoms with E-state index < -0.39 is 16.0 Å². The Bertz CT molecular complexity index is 379. The van der Waals surface area contributed by atoms with Crippen LogP contribution in [0.25, 0.3) is 0 Å². The summed E-state index contributed by atoms with van der Waals surface area (Å²) in [5, 5.41) is 11.8. The fraction of sp³-hybridized carbons (Fsp3) is 0.909. The van der Waals surface area contributed by atoms with Crippen molar-refractivity contribution in [1.29, 1.82) is 0 Å². The predicted molar refractivity (Wildman–Crippen MR) is 70.5 cm³/mol. The first kappa shape index (κ1) is 16.4. The van der Waals surface area contributed by atoms with Crippen molar-refractivity contribution in [1.82, 2.24) is 9.62 Å². The average molecular weight is 294 g/mol. The molecule has 1 atom stereocenters. The van der Waals surface area contributed by atoms with E-state index in [1.165, 1.54) is 11.4 Å². The number of carboxylic acids is 1. The highest BCUT2D eigenvalue weighted by molar-refractivity contribution is 7.89. The summed E-state index contributed by atoms with van der Waals surface area (Å²) in [5.74, 6) is -1.46. The molecule has 1 fully saturated rings. The molecule has 0 spiro atoms. The molecule has 19 heavy (non-hydrogen) atoms. The number of sulfonamides is 1. The molecule has 0 saturated carbocycles. The molecule has 1 unspecified atom stereocenters. The Kier molecular flexibility index (Phi) is 6.70. The van der Waals surface area contributed by atoms with Crippen molar-refractivity contribution in [3.05, 3.63) is 0 Å². The summed E-state index contributed by atoms with van der Waals surface area (Å²) in [5.41, 5.74) is 0. The monoisotopic (exact) mass is 294 g/mol. The lowest BCUT2D eigenvalue weighted by Gasteiger charge is -2.24. The van der Waals surface area contributed by atoms with Crippen LogP contribution in [0, 0.1) is 0 Å². The highest BCUT2D eigenvalue weighted by Gasteiger charge is 2.26. The van der Waals surface area contributed by atoms with Gasteiger partial charge in [0.05, 0.1) is 18.8 Å². The first-order valence-corrected chi connectivity index (χ1v) is 7.98. The van der Waals surface area contributed by atoms with Crippen molar-refractivity contribution in [3.63, 3.8) is 0 Å². The summed E-state index contributed by atoms with van der Waals surface area (Å²) < 4.78 is 30.5. The molecular weight excluding hydrogens is 272 g/mol. The number of nitrogens with zero attached hydrogens (tertiary/aromatic N) is 1. The first-order valence-electron chi connectivity index (χ1n) is 6.37. The van der Waals surface area contributed by atoms with E-state index in [1.807, 2.05) is 0 Å². The molecule has 1 rings (SSSR count). The van der Waals surface area contributed by atoms with E-state index >= 15 is 0 Å². The van der Waals surface area contributed by atoms with Gasteiger partial charge in [-0.1, -0.05) is 0 Å². The highest BCUT2D eigenvalue weighted by Crippen LogP contribution is 2.11.